The number of hydrogen-bond donors (Lipinski definition) is 1. The van der Waals surface area contributed by atoms with Crippen molar-refractivity contribution in [3.8, 4) is 5.69 Å². The Balaban J connectivity index is 2.25. The number of hydrogen-bond acceptors (Lipinski definition) is 2. The highest BCUT2D eigenvalue weighted by molar-refractivity contribution is 7.71. The molecule has 1 aliphatic rings. The lowest BCUT2D eigenvalue weighted by molar-refractivity contribution is 0.837. The number of aromatic nitrogens is 3. The van der Waals surface area contributed by atoms with Crippen molar-refractivity contribution in [1.29, 1.82) is 0 Å². The van der Waals surface area contributed by atoms with Gasteiger partial charge in [0.15, 0.2) is 4.77 Å². The molecule has 3 nitrogen and oxygen atoms in total. The molecule has 15 heavy (non-hydrogen) atoms. The van der Waals surface area contributed by atoms with E-state index in [1.807, 2.05) is 12.1 Å². The lowest BCUT2D eigenvalue weighted by atomic mass is 10.3. The summed E-state index contributed by atoms with van der Waals surface area (Å²) in [5.74, 6) is 0. The van der Waals surface area contributed by atoms with Crippen LogP contribution in [-0.4, -0.2) is 14.5 Å². The Labute approximate surface area is 92.8 Å². The van der Waals surface area contributed by atoms with Crippen LogP contribution in [0.2, 0.25) is 0 Å². The van der Waals surface area contributed by atoms with Crippen LogP contribution in [-0.2, 0) is 12.8 Å². The second-order valence-electron chi connectivity index (χ2n) is 3.75. The molecule has 0 saturated heterocycles. The van der Waals surface area contributed by atoms with Crippen molar-refractivity contribution in [3.05, 3.63) is 40.7 Å². The summed E-state index contributed by atoms with van der Waals surface area (Å²) in [6.45, 7) is 0. The number of imidazole rings is 1. The van der Waals surface area contributed by atoms with Gasteiger partial charge in [0, 0.05) is 23.8 Å². The second kappa shape index (κ2) is 3.31. The molecule has 76 valence electrons. The molecule has 0 radical (unpaired) electrons. The van der Waals surface area contributed by atoms with Gasteiger partial charge in [0.1, 0.15) is 0 Å². The molecule has 1 aliphatic carbocycles. The lowest BCUT2D eigenvalue weighted by Crippen LogP contribution is -1.98. The molecule has 0 atom stereocenters. The molecule has 0 amide bonds. The predicted molar refractivity (Wildman–Crippen MR) is 60.8 cm³/mol. The second-order valence-corrected chi connectivity index (χ2v) is 4.14. The fourth-order valence-corrected chi connectivity index (χ4v) is 2.52. The van der Waals surface area contributed by atoms with Crippen molar-refractivity contribution in [2.24, 2.45) is 0 Å². The molecule has 0 fully saturated rings. The number of pyridine rings is 1. The van der Waals surface area contributed by atoms with E-state index in [0.29, 0.717) is 0 Å². The van der Waals surface area contributed by atoms with Gasteiger partial charge in [0.05, 0.1) is 5.69 Å². The smallest absolute Gasteiger partial charge is 0.182 e. The van der Waals surface area contributed by atoms with Crippen LogP contribution in [0.1, 0.15) is 17.8 Å². The zero-order chi connectivity index (χ0) is 10.3. The number of aromatic amines is 1. The van der Waals surface area contributed by atoms with Crippen LogP contribution in [0.15, 0.2) is 24.5 Å². The minimum atomic E-state index is 0.797. The Hall–Kier alpha value is -1.42. The summed E-state index contributed by atoms with van der Waals surface area (Å²) in [5.41, 5.74) is 3.75. The third kappa shape index (κ3) is 1.33. The maximum absolute atomic E-state index is 5.33. The first kappa shape index (κ1) is 8.85. The minimum Gasteiger partial charge on any atom is -0.334 e. The van der Waals surface area contributed by atoms with Gasteiger partial charge in [0.25, 0.3) is 0 Å². The van der Waals surface area contributed by atoms with E-state index in [1.54, 1.807) is 12.4 Å². The van der Waals surface area contributed by atoms with E-state index in [-0.39, 0.29) is 0 Å². The SMILES string of the molecule is S=c1[nH]c2c(n1-c1ccncc1)CCC2. The Morgan fingerprint density at radius 1 is 1.27 bits per heavy atom. The molecule has 0 aromatic carbocycles. The molecule has 0 bridgehead atoms. The molecule has 2 heterocycles. The first-order valence-electron chi connectivity index (χ1n) is 5.09. The van der Waals surface area contributed by atoms with E-state index in [2.05, 4.69) is 14.5 Å². The number of aryl methyl sites for hydroxylation is 1. The van der Waals surface area contributed by atoms with Crippen LogP contribution in [0.25, 0.3) is 5.69 Å². The molecule has 3 rings (SSSR count). The molecule has 0 aliphatic heterocycles. The Kier molecular flexibility index (Phi) is 1.95. The van der Waals surface area contributed by atoms with Gasteiger partial charge in [0.2, 0.25) is 0 Å². The Morgan fingerprint density at radius 2 is 2.07 bits per heavy atom. The summed E-state index contributed by atoms with van der Waals surface area (Å²) >= 11 is 5.33. The summed E-state index contributed by atoms with van der Waals surface area (Å²) in [5, 5.41) is 0. The fourth-order valence-electron chi connectivity index (χ4n) is 2.18. The summed E-state index contributed by atoms with van der Waals surface area (Å²) in [4.78, 5) is 7.30. The standard InChI is InChI=1S/C11H11N3S/c15-11-13-9-2-1-3-10(9)14(11)8-4-6-12-7-5-8/h4-7H,1-3H2,(H,13,15). The van der Waals surface area contributed by atoms with Gasteiger partial charge < -0.3 is 4.98 Å². The van der Waals surface area contributed by atoms with E-state index in [4.69, 9.17) is 12.2 Å². The van der Waals surface area contributed by atoms with Crippen LogP contribution >= 0.6 is 12.2 Å². The molecular formula is C11H11N3S. The summed E-state index contributed by atoms with van der Waals surface area (Å²) < 4.78 is 2.92. The third-order valence-corrected chi connectivity index (χ3v) is 3.13. The topological polar surface area (TPSA) is 33.6 Å². The van der Waals surface area contributed by atoms with Crippen molar-refractivity contribution in [2.75, 3.05) is 0 Å². The quantitative estimate of drug-likeness (QED) is 0.744. The van der Waals surface area contributed by atoms with Crippen LogP contribution in [0, 0.1) is 4.77 Å². The van der Waals surface area contributed by atoms with Crippen LogP contribution in [0.5, 0.6) is 0 Å². The zero-order valence-electron chi connectivity index (χ0n) is 8.23. The van der Waals surface area contributed by atoms with Crippen molar-refractivity contribution in [2.45, 2.75) is 19.3 Å². The highest BCUT2D eigenvalue weighted by Crippen LogP contribution is 2.24. The summed E-state index contributed by atoms with van der Waals surface area (Å²) in [7, 11) is 0. The molecule has 2 aromatic rings. The fraction of sp³-hybridized carbons (Fsp3) is 0.273. The number of rotatable bonds is 1. The van der Waals surface area contributed by atoms with E-state index < -0.39 is 0 Å². The lowest BCUT2D eigenvalue weighted by Gasteiger charge is -2.05. The predicted octanol–water partition coefficient (Wildman–Crippen LogP) is 2.42. The van der Waals surface area contributed by atoms with Crippen molar-refractivity contribution >= 4 is 12.2 Å². The average Bonchev–Trinajstić information content (AvgIpc) is 2.78. The first-order chi connectivity index (χ1) is 7.36. The van der Waals surface area contributed by atoms with Gasteiger partial charge in [-0.3, -0.25) is 9.55 Å². The summed E-state index contributed by atoms with van der Waals surface area (Å²) in [6.07, 6.45) is 7.06. The molecule has 0 saturated carbocycles. The number of H-pyrrole nitrogens is 1. The number of nitrogens with one attached hydrogen (secondary N) is 1. The van der Waals surface area contributed by atoms with Crippen LogP contribution < -0.4 is 0 Å². The number of nitrogens with zero attached hydrogens (tertiary/aromatic N) is 2. The van der Waals surface area contributed by atoms with Gasteiger partial charge in [-0.1, -0.05) is 0 Å². The van der Waals surface area contributed by atoms with Gasteiger partial charge in [-0.25, -0.2) is 0 Å². The monoisotopic (exact) mass is 217 g/mol. The maximum Gasteiger partial charge on any atom is 0.182 e. The molecule has 0 unspecified atom stereocenters. The molecular weight excluding hydrogens is 206 g/mol. The van der Waals surface area contributed by atoms with E-state index in [0.717, 1.165) is 23.3 Å². The zero-order valence-corrected chi connectivity index (χ0v) is 9.05. The van der Waals surface area contributed by atoms with Crippen molar-refractivity contribution in [3.63, 3.8) is 0 Å². The van der Waals surface area contributed by atoms with Crippen molar-refractivity contribution in [1.82, 2.24) is 14.5 Å². The third-order valence-electron chi connectivity index (χ3n) is 2.84. The Bertz CT molecular complexity index is 539. The maximum atomic E-state index is 5.33. The molecule has 0 spiro atoms. The van der Waals surface area contributed by atoms with Crippen LogP contribution in [0.3, 0.4) is 0 Å². The van der Waals surface area contributed by atoms with Crippen LogP contribution in [0.4, 0.5) is 0 Å². The Morgan fingerprint density at radius 3 is 2.87 bits per heavy atom. The largest absolute Gasteiger partial charge is 0.334 e. The highest BCUT2D eigenvalue weighted by Gasteiger charge is 2.18. The average molecular weight is 217 g/mol. The molecule has 1 N–H and O–H groups in total. The molecule has 2 aromatic heterocycles. The normalized spacial score (nSPS) is 14.1. The highest BCUT2D eigenvalue weighted by atomic mass is 32.1. The minimum absolute atomic E-state index is 0.797. The van der Waals surface area contributed by atoms with Crippen molar-refractivity contribution < 1.29 is 0 Å². The molecule has 4 heteroatoms. The van der Waals surface area contributed by atoms with Gasteiger partial charge >= 0.3 is 0 Å². The van der Waals surface area contributed by atoms with Gasteiger partial charge in [-0.05, 0) is 43.6 Å². The summed E-state index contributed by atoms with van der Waals surface area (Å²) in [6, 6.07) is 3.98. The van der Waals surface area contributed by atoms with E-state index >= 15 is 0 Å². The van der Waals surface area contributed by atoms with Gasteiger partial charge in [-0.15, -0.1) is 0 Å². The van der Waals surface area contributed by atoms with Gasteiger partial charge in [-0.2, -0.15) is 0 Å². The first-order valence-corrected chi connectivity index (χ1v) is 5.50. The van der Waals surface area contributed by atoms with E-state index in [9.17, 15) is 0 Å². The van der Waals surface area contributed by atoms with E-state index in [1.165, 1.54) is 17.8 Å². The number of fused-ring (bicyclic) bond motifs is 1.